The lowest BCUT2D eigenvalue weighted by Crippen LogP contribution is -2.31. The Hall–Kier alpha value is -1.35. The fourth-order valence-electron chi connectivity index (χ4n) is 1.51. The number of aryl methyl sites for hydroxylation is 2. The highest BCUT2D eigenvalue weighted by Crippen LogP contribution is 2.08. The summed E-state index contributed by atoms with van der Waals surface area (Å²) in [6.45, 7) is 5.96. The Kier molecular flexibility index (Phi) is 3.86. The highest BCUT2D eigenvalue weighted by molar-refractivity contribution is 5.79. The highest BCUT2D eigenvalue weighted by Gasteiger charge is 2.07. The highest BCUT2D eigenvalue weighted by atomic mass is 16.3. The van der Waals surface area contributed by atoms with Crippen LogP contribution in [0.2, 0.25) is 0 Å². The fourth-order valence-corrected chi connectivity index (χ4v) is 1.51. The van der Waals surface area contributed by atoms with Gasteiger partial charge in [-0.1, -0.05) is 29.3 Å². The van der Waals surface area contributed by atoms with Gasteiger partial charge in [-0.3, -0.25) is 4.79 Å². The SMILES string of the molecule is Cc1cc(C)cc(CNC(=O)C(C)O)c1. The van der Waals surface area contributed by atoms with E-state index in [4.69, 9.17) is 5.11 Å². The van der Waals surface area contributed by atoms with Crippen molar-refractivity contribution < 1.29 is 9.90 Å². The monoisotopic (exact) mass is 207 g/mol. The molecule has 82 valence electrons. The number of benzene rings is 1. The minimum atomic E-state index is -0.948. The second-order valence-electron chi connectivity index (χ2n) is 3.89. The first-order chi connectivity index (χ1) is 6.99. The Morgan fingerprint density at radius 2 is 1.87 bits per heavy atom. The van der Waals surface area contributed by atoms with Crippen molar-refractivity contribution in [2.45, 2.75) is 33.4 Å². The Labute approximate surface area is 90.1 Å². The van der Waals surface area contributed by atoms with Gasteiger partial charge in [-0.2, -0.15) is 0 Å². The number of rotatable bonds is 3. The average Bonchev–Trinajstić information content (AvgIpc) is 2.12. The third-order valence-electron chi connectivity index (χ3n) is 2.13. The van der Waals surface area contributed by atoms with Gasteiger partial charge in [-0.15, -0.1) is 0 Å². The van der Waals surface area contributed by atoms with Crippen LogP contribution >= 0.6 is 0 Å². The number of carbonyl (C=O) groups excluding carboxylic acids is 1. The van der Waals surface area contributed by atoms with Gasteiger partial charge < -0.3 is 10.4 Å². The second kappa shape index (κ2) is 4.94. The lowest BCUT2D eigenvalue weighted by atomic mass is 10.1. The summed E-state index contributed by atoms with van der Waals surface area (Å²) in [5, 5.41) is 11.7. The van der Waals surface area contributed by atoms with E-state index in [-0.39, 0.29) is 5.91 Å². The molecule has 1 aromatic carbocycles. The average molecular weight is 207 g/mol. The van der Waals surface area contributed by atoms with Gasteiger partial charge in [0.1, 0.15) is 6.10 Å². The van der Waals surface area contributed by atoms with Gasteiger partial charge >= 0.3 is 0 Å². The molecule has 0 saturated heterocycles. The summed E-state index contributed by atoms with van der Waals surface area (Å²) < 4.78 is 0. The number of hydrogen-bond donors (Lipinski definition) is 2. The maximum Gasteiger partial charge on any atom is 0.248 e. The lowest BCUT2D eigenvalue weighted by molar-refractivity contribution is -0.128. The first-order valence-electron chi connectivity index (χ1n) is 5.02. The minimum absolute atomic E-state index is 0.339. The van der Waals surface area contributed by atoms with Gasteiger partial charge in [0.15, 0.2) is 0 Å². The third-order valence-corrected chi connectivity index (χ3v) is 2.13. The second-order valence-corrected chi connectivity index (χ2v) is 3.89. The van der Waals surface area contributed by atoms with Crippen LogP contribution in [0.1, 0.15) is 23.6 Å². The third kappa shape index (κ3) is 3.72. The zero-order valence-corrected chi connectivity index (χ0v) is 9.37. The van der Waals surface area contributed by atoms with Crippen molar-refractivity contribution in [3.05, 3.63) is 34.9 Å². The van der Waals surface area contributed by atoms with E-state index in [1.807, 2.05) is 26.0 Å². The standard InChI is InChI=1S/C12H17NO2/c1-8-4-9(2)6-11(5-8)7-13-12(15)10(3)14/h4-6,10,14H,7H2,1-3H3,(H,13,15). The maximum absolute atomic E-state index is 11.1. The number of aliphatic hydroxyl groups excluding tert-OH is 1. The van der Waals surface area contributed by atoms with Crippen LogP contribution in [-0.4, -0.2) is 17.1 Å². The molecule has 15 heavy (non-hydrogen) atoms. The normalized spacial score (nSPS) is 12.3. The van der Waals surface area contributed by atoms with Gasteiger partial charge in [0, 0.05) is 6.54 Å². The van der Waals surface area contributed by atoms with Crippen LogP contribution in [0.4, 0.5) is 0 Å². The first-order valence-corrected chi connectivity index (χ1v) is 5.02. The van der Waals surface area contributed by atoms with Gasteiger partial charge in [0.05, 0.1) is 0 Å². The van der Waals surface area contributed by atoms with E-state index in [2.05, 4.69) is 11.4 Å². The molecule has 3 nitrogen and oxygen atoms in total. The molecule has 0 aliphatic carbocycles. The number of nitrogens with one attached hydrogen (secondary N) is 1. The number of carbonyl (C=O) groups is 1. The summed E-state index contributed by atoms with van der Waals surface area (Å²) in [5.41, 5.74) is 3.41. The van der Waals surface area contributed by atoms with Crippen LogP contribution in [0, 0.1) is 13.8 Å². The van der Waals surface area contributed by atoms with Crippen molar-refractivity contribution in [2.24, 2.45) is 0 Å². The summed E-state index contributed by atoms with van der Waals surface area (Å²) in [7, 11) is 0. The van der Waals surface area contributed by atoms with E-state index in [1.165, 1.54) is 18.1 Å². The van der Waals surface area contributed by atoms with Gasteiger partial charge in [-0.05, 0) is 26.3 Å². The molecule has 1 unspecified atom stereocenters. The van der Waals surface area contributed by atoms with Crippen LogP contribution in [0.3, 0.4) is 0 Å². The molecule has 0 aliphatic heterocycles. The van der Waals surface area contributed by atoms with E-state index < -0.39 is 6.10 Å². The summed E-state index contributed by atoms with van der Waals surface area (Å²) >= 11 is 0. The van der Waals surface area contributed by atoms with E-state index >= 15 is 0 Å². The number of amides is 1. The molecule has 0 aliphatic rings. The van der Waals surface area contributed by atoms with E-state index in [1.54, 1.807) is 0 Å². The molecular weight excluding hydrogens is 190 g/mol. The molecule has 1 aromatic rings. The molecule has 0 heterocycles. The number of hydrogen-bond acceptors (Lipinski definition) is 2. The van der Waals surface area contributed by atoms with Crippen LogP contribution < -0.4 is 5.32 Å². The number of aliphatic hydroxyl groups is 1. The lowest BCUT2D eigenvalue weighted by Gasteiger charge is -2.08. The maximum atomic E-state index is 11.1. The molecule has 0 bridgehead atoms. The zero-order chi connectivity index (χ0) is 11.4. The molecule has 0 aromatic heterocycles. The van der Waals surface area contributed by atoms with Crippen molar-refractivity contribution >= 4 is 5.91 Å². The molecule has 2 N–H and O–H groups in total. The zero-order valence-electron chi connectivity index (χ0n) is 9.37. The first kappa shape index (κ1) is 11.7. The van der Waals surface area contributed by atoms with Crippen LogP contribution in [0.15, 0.2) is 18.2 Å². The smallest absolute Gasteiger partial charge is 0.248 e. The Morgan fingerprint density at radius 3 is 2.33 bits per heavy atom. The quantitative estimate of drug-likeness (QED) is 0.785. The van der Waals surface area contributed by atoms with Gasteiger partial charge in [-0.25, -0.2) is 0 Å². The van der Waals surface area contributed by atoms with Crippen molar-refractivity contribution in [3.63, 3.8) is 0 Å². The van der Waals surface area contributed by atoms with E-state index in [0.717, 1.165) is 5.56 Å². The summed E-state index contributed by atoms with van der Waals surface area (Å²) in [6, 6.07) is 6.13. The van der Waals surface area contributed by atoms with Gasteiger partial charge in [0.25, 0.3) is 0 Å². The molecule has 1 rings (SSSR count). The van der Waals surface area contributed by atoms with Crippen molar-refractivity contribution in [3.8, 4) is 0 Å². The van der Waals surface area contributed by atoms with E-state index in [0.29, 0.717) is 6.54 Å². The largest absolute Gasteiger partial charge is 0.384 e. The van der Waals surface area contributed by atoms with Crippen LogP contribution in [0.25, 0.3) is 0 Å². The molecule has 0 spiro atoms. The molecule has 1 atom stereocenters. The Morgan fingerprint density at radius 1 is 1.33 bits per heavy atom. The molecule has 0 radical (unpaired) electrons. The van der Waals surface area contributed by atoms with E-state index in [9.17, 15) is 4.79 Å². The minimum Gasteiger partial charge on any atom is -0.384 e. The summed E-state index contributed by atoms with van der Waals surface area (Å²) in [5.74, 6) is -0.339. The van der Waals surface area contributed by atoms with Crippen LogP contribution in [-0.2, 0) is 11.3 Å². The van der Waals surface area contributed by atoms with Crippen molar-refractivity contribution in [2.75, 3.05) is 0 Å². The van der Waals surface area contributed by atoms with Gasteiger partial charge in [0.2, 0.25) is 5.91 Å². The predicted octanol–water partition coefficient (Wildman–Crippen LogP) is 1.30. The van der Waals surface area contributed by atoms with Crippen LogP contribution in [0.5, 0.6) is 0 Å². The topological polar surface area (TPSA) is 49.3 Å². The summed E-state index contributed by atoms with van der Waals surface area (Å²) in [6.07, 6.45) is -0.948. The molecular formula is C12H17NO2. The summed E-state index contributed by atoms with van der Waals surface area (Å²) in [4.78, 5) is 11.1. The molecule has 3 heteroatoms. The van der Waals surface area contributed by atoms with Crippen molar-refractivity contribution in [1.29, 1.82) is 0 Å². The predicted molar refractivity (Wildman–Crippen MR) is 59.4 cm³/mol. The fraction of sp³-hybridized carbons (Fsp3) is 0.417. The van der Waals surface area contributed by atoms with Crippen molar-refractivity contribution in [1.82, 2.24) is 5.32 Å². The Bertz CT molecular complexity index is 338. The Balaban J connectivity index is 2.61. The molecule has 1 amide bonds. The molecule has 0 fully saturated rings. The molecule has 0 saturated carbocycles.